The van der Waals surface area contributed by atoms with Crippen LogP contribution in [-0.4, -0.2) is 65.4 Å². The maximum atomic E-state index is 13.3. The van der Waals surface area contributed by atoms with Gasteiger partial charge in [0.1, 0.15) is 18.4 Å². The van der Waals surface area contributed by atoms with Gasteiger partial charge in [-0.25, -0.2) is 0 Å². The van der Waals surface area contributed by atoms with E-state index in [2.05, 4.69) is 14.7 Å². The average molecular weight is 525 g/mol. The molecule has 0 radical (unpaired) electrons. The lowest BCUT2D eigenvalue weighted by Crippen LogP contribution is -2.68. The second kappa shape index (κ2) is 11.1. The van der Waals surface area contributed by atoms with Gasteiger partial charge in [-0.3, -0.25) is 9.59 Å². The Morgan fingerprint density at radius 3 is 2.50 bits per heavy atom. The molecular weight excluding hydrogens is 498 g/mol. The highest BCUT2D eigenvalue weighted by atomic mass is 35.5. The number of amides is 2. The van der Waals surface area contributed by atoms with E-state index in [1.165, 1.54) is 23.0 Å². The van der Waals surface area contributed by atoms with Crippen molar-refractivity contribution in [3.05, 3.63) is 64.2 Å². The fourth-order valence-corrected chi connectivity index (χ4v) is 4.26. The smallest absolute Gasteiger partial charge is 0.387 e. The summed E-state index contributed by atoms with van der Waals surface area (Å²) in [6.07, 6.45) is -1.32. The molecule has 12 heteroatoms. The van der Waals surface area contributed by atoms with Crippen LogP contribution in [0.25, 0.3) is 0 Å². The average Bonchev–Trinajstić information content (AvgIpc) is 2.81. The molecule has 1 saturated heterocycles. The van der Waals surface area contributed by atoms with Crippen molar-refractivity contribution in [3.8, 4) is 5.75 Å². The standard InChI is InChI=1S/C24H27ClF2N4O5/c1-24(22(34)30(2)13-14-4-6-15(7-5-14)20(28)29-35-3)8-9-31(24)21(33)19(32)16-10-17(25)12-18(11-16)36-23(26)27/h4-7,10-12,19,23,32H,8-9,13H2,1-3H3,(H2,28,29). The number of rotatable bonds is 9. The van der Waals surface area contributed by atoms with E-state index in [1.807, 2.05) is 0 Å². The van der Waals surface area contributed by atoms with Gasteiger partial charge in [-0.1, -0.05) is 41.0 Å². The minimum Gasteiger partial charge on any atom is -0.435 e. The molecule has 0 aromatic heterocycles. The molecule has 0 aliphatic carbocycles. The molecule has 2 aromatic carbocycles. The molecule has 1 aliphatic heterocycles. The van der Waals surface area contributed by atoms with Gasteiger partial charge in [-0.05, 0) is 42.7 Å². The molecule has 0 bridgehead atoms. The van der Waals surface area contributed by atoms with E-state index in [1.54, 1.807) is 38.2 Å². The Bertz CT molecular complexity index is 1150. The van der Waals surface area contributed by atoms with Crippen LogP contribution in [0.1, 0.15) is 36.1 Å². The van der Waals surface area contributed by atoms with Gasteiger partial charge in [0.05, 0.1) is 0 Å². The highest BCUT2D eigenvalue weighted by molar-refractivity contribution is 6.30. The number of hydrogen-bond acceptors (Lipinski definition) is 6. The summed E-state index contributed by atoms with van der Waals surface area (Å²) in [5, 5.41) is 14.3. The molecule has 2 amide bonds. The number of aliphatic hydroxyl groups is 1. The number of benzene rings is 2. The molecule has 2 atom stereocenters. The number of halogens is 3. The van der Waals surface area contributed by atoms with E-state index < -0.39 is 24.2 Å². The molecule has 1 aliphatic rings. The van der Waals surface area contributed by atoms with Crippen molar-refractivity contribution in [1.82, 2.24) is 9.80 Å². The van der Waals surface area contributed by atoms with Crippen LogP contribution < -0.4 is 10.5 Å². The first-order valence-corrected chi connectivity index (χ1v) is 11.3. The normalized spacial score (nSPS) is 18.4. The van der Waals surface area contributed by atoms with Crippen molar-refractivity contribution in [2.24, 2.45) is 10.9 Å². The van der Waals surface area contributed by atoms with E-state index in [0.29, 0.717) is 12.0 Å². The monoisotopic (exact) mass is 524 g/mol. The van der Waals surface area contributed by atoms with Gasteiger partial charge in [0, 0.05) is 30.7 Å². The van der Waals surface area contributed by atoms with Crippen molar-refractivity contribution in [2.75, 3.05) is 20.7 Å². The summed E-state index contributed by atoms with van der Waals surface area (Å²) in [6.45, 7) is -0.958. The van der Waals surface area contributed by atoms with Crippen molar-refractivity contribution in [3.63, 3.8) is 0 Å². The van der Waals surface area contributed by atoms with E-state index in [0.717, 1.165) is 17.7 Å². The minimum absolute atomic E-state index is 0.0125. The third-order valence-corrected chi connectivity index (χ3v) is 6.24. The van der Waals surface area contributed by atoms with Crippen molar-refractivity contribution < 1.29 is 33.1 Å². The number of hydrogen-bond donors (Lipinski definition) is 2. The minimum atomic E-state index is -3.09. The number of oxime groups is 1. The number of likely N-dealkylation sites (N-methyl/N-ethyl adjacent to an activating group) is 1. The summed E-state index contributed by atoms with van der Waals surface area (Å²) in [6, 6.07) is 10.6. The summed E-state index contributed by atoms with van der Waals surface area (Å²) in [7, 11) is 3.01. The summed E-state index contributed by atoms with van der Waals surface area (Å²) >= 11 is 5.94. The zero-order valence-electron chi connectivity index (χ0n) is 20.0. The SMILES string of the molecule is CO/N=C(\N)c1ccc(CN(C)C(=O)C2(C)CCN2C(=O)C(O)c2cc(Cl)cc(OC(F)F)c2)cc1. The van der Waals surface area contributed by atoms with Crippen LogP contribution >= 0.6 is 11.6 Å². The summed E-state index contributed by atoms with van der Waals surface area (Å²) in [4.78, 5) is 33.8. The Kier molecular flexibility index (Phi) is 8.36. The van der Waals surface area contributed by atoms with Gasteiger partial charge in [0.25, 0.3) is 5.91 Å². The van der Waals surface area contributed by atoms with Gasteiger partial charge in [-0.15, -0.1) is 0 Å². The van der Waals surface area contributed by atoms with Gasteiger partial charge in [0.15, 0.2) is 11.9 Å². The molecule has 36 heavy (non-hydrogen) atoms. The number of nitrogens with two attached hydrogens (primary N) is 1. The molecule has 0 saturated carbocycles. The lowest BCUT2D eigenvalue weighted by molar-refractivity contribution is -0.169. The summed E-state index contributed by atoms with van der Waals surface area (Å²) < 4.78 is 29.5. The topological polar surface area (TPSA) is 118 Å². The number of aliphatic hydroxyl groups excluding tert-OH is 1. The Hall–Kier alpha value is -3.44. The highest BCUT2D eigenvalue weighted by Gasteiger charge is 2.51. The van der Waals surface area contributed by atoms with Crippen LogP contribution in [0.4, 0.5) is 8.78 Å². The number of alkyl halides is 2. The lowest BCUT2D eigenvalue weighted by Gasteiger charge is -2.51. The van der Waals surface area contributed by atoms with E-state index in [9.17, 15) is 23.5 Å². The van der Waals surface area contributed by atoms with Gasteiger partial charge in [-0.2, -0.15) is 8.78 Å². The molecular formula is C24H27ClF2N4O5. The Labute approximate surface area is 212 Å². The first-order valence-electron chi connectivity index (χ1n) is 10.9. The predicted octanol–water partition coefficient (Wildman–Crippen LogP) is 2.89. The summed E-state index contributed by atoms with van der Waals surface area (Å²) in [5.74, 6) is -1.13. The number of ether oxygens (including phenoxy) is 1. The van der Waals surface area contributed by atoms with Crippen LogP contribution in [0.3, 0.4) is 0 Å². The van der Waals surface area contributed by atoms with Crippen molar-refractivity contribution >= 4 is 29.3 Å². The third-order valence-electron chi connectivity index (χ3n) is 6.02. The Morgan fingerprint density at radius 2 is 1.94 bits per heavy atom. The molecule has 194 valence electrons. The maximum Gasteiger partial charge on any atom is 0.387 e. The number of likely N-dealkylation sites (tertiary alicyclic amines) is 1. The van der Waals surface area contributed by atoms with Gasteiger partial charge >= 0.3 is 6.61 Å². The first-order chi connectivity index (χ1) is 17.0. The van der Waals surface area contributed by atoms with Gasteiger partial charge < -0.3 is 30.2 Å². The molecule has 2 aromatic rings. The summed E-state index contributed by atoms with van der Waals surface area (Å²) in [5.41, 5.74) is 6.08. The van der Waals surface area contributed by atoms with E-state index in [-0.39, 0.29) is 41.2 Å². The fourth-order valence-electron chi connectivity index (χ4n) is 4.03. The molecule has 1 heterocycles. The fraction of sp³-hybridized carbons (Fsp3) is 0.375. The predicted molar refractivity (Wildman–Crippen MR) is 128 cm³/mol. The first kappa shape index (κ1) is 27.2. The molecule has 9 nitrogen and oxygen atoms in total. The van der Waals surface area contributed by atoms with Crippen LogP contribution in [0, 0.1) is 0 Å². The van der Waals surface area contributed by atoms with Crippen LogP contribution in [-0.2, 0) is 21.0 Å². The Morgan fingerprint density at radius 1 is 1.28 bits per heavy atom. The maximum absolute atomic E-state index is 13.3. The van der Waals surface area contributed by atoms with Crippen molar-refractivity contribution in [2.45, 2.75) is 38.1 Å². The molecule has 1 fully saturated rings. The van der Waals surface area contributed by atoms with E-state index >= 15 is 0 Å². The molecule has 2 unspecified atom stereocenters. The quantitative estimate of drug-likeness (QED) is 0.296. The third kappa shape index (κ3) is 5.85. The zero-order chi connectivity index (χ0) is 26.6. The Balaban J connectivity index is 1.70. The number of carbonyl (C=O) groups excluding carboxylic acids is 2. The number of carbonyl (C=O) groups is 2. The molecule has 0 spiro atoms. The lowest BCUT2D eigenvalue weighted by atomic mass is 9.84. The molecule has 3 N–H and O–H groups in total. The number of nitrogens with zero attached hydrogens (tertiary/aromatic N) is 3. The van der Waals surface area contributed by atoms with Gasteiger partial charge in [0.2, 0.25) is 5.91 Å². The molecule has 3 rings (SSSR count). The van der Waals surface area contributed by atoms with Crippen LogP contribution in [0.2, 0.25) is 5.02 Å². The van der Waals surface area contributed by atoms with Crippen LogP contribution in [0.5, 0.6) is 5.75 Å². The largest absolute Gasteiger partial charge is 0.435 e. The number of amidine groups is 1. The second-order valence-corrected chi connectivity index (χ2v) is 8.97. The highest BCUT2D eigenvalue weighted by Crippen LogP contribution is 2.36. The van der Waals surface area contributed by atoms with E-state index in [4.69, 9.17) is 17.3 Å². The second-order valence-electron chi connectivity index (χ2n) is 8.53. The van der Waals surface area contributed by atoms with Crippen molar-refractivity contribution in [1.29, 1.82) is 0 Å². The van der Waals surface area contributed by atoms with Crippen LogP contribution in [0.15, 0.2) is 47.6 Å². The zero-order valence-corrected chi connectivity index (χ0v) is 20.7.